The minimum Gasteiger partial charge on any atom is -0.462 e. The van der Waals surface area contributed by atoms with Crippen LogP contribution in [0, 0.1) is 0 Å². The minimum atomic E-state index is -0.840. The average molecular weight is 1090 g/mol. The lowest BCUT2D eigenvalue weighted by Crippen LogP contribution is -2.30. The lowest BCUT2D eigenvalue weighted by Gasteiger charge is -2.18. The van der Waals surface area contributed by atoms with Crippen LogP contribution in [0.25, 0.3) is 0 Å². The quantitative estimate of drug-likeness (QED) is 0.0261. The van der Waals surface area contributed by atoms with Crippen LogP contribution in [0.4, 0.5) is 0 Å². The van der Waals surface area contributed by atoms with Gasteiger partial charge in [-0.25, -0.2) is 0 Å². The first-order chi connectivity index (χ1) is 39.0. The molecule has 0 radical (unpaired) electrons. The molecule has 0 heterocycles. The first kappa shape index (κ1) is 74.0. The van der Waals surface area contributed by atoms with Crippen LogP contribution < -0.4 is 0 Å². The molecule has 1 atom stereocenters. The molecule has 0 aliphatic carbocycles. The molecule has 6 nitrogen and oxygen atoms in total. The number of rotatable bonds is 56. The molecule has 0 saturated carbocycles. The summed E-state index contributed by atoms with van der Waals surface area (Å²) in [6.07, 6.45) is 95.4. The molecule has 0 amide bonds. The van der Waals surface area contributed by atoms with E-state index in [2.05, 4.69) is 167 Å². The van der Waals surface area contributed by atoms with E-state index < -0.39 is 12.1 Å². The highest BCUT2D eigenvalue weighted by molar-refractivity contribution is 5.71. The van der Waals surface area contributed by atoms with Gasteiger partial charge in [-0.15, -0.1) is 0 Å². The van der Waals surface area contributed by atoms with Crippen LogP contribution >= 0.6 is 0 Å². The van der Waals surface area contributed by atoms with Gasteiger partial charge >= 0.3 is 17.9 Å². The van der Waals surface area contributed by atoms with Gasteiger partial charge in [0, 0.05) is 19.3 Å². The standard InChI is InChI=1S/C73H116O6/c1-4-7-10-13-16-19-22-25-28-31-33-34-35-36-37-38-40-42-45-48-51-54-57-60-63-66-72(75)78-69-70(68-77-71(74)65-62-59-56-53-50-47-44-41-30-27-24-21-18-15-12-9-6-3)79-73(76)67-64-61-58-55-52-49-46-43-39-32-29-26-23-20-17-14-11-8-5-2/h8-9,11-12,17-18,20-22,25-27,29-31,33,35-36,39,43-44,47,49,52,58,61,70H,4-7,10,13-16,19,23-24,28,32,34,37-38,40-42,45-46,48,50-51,53-57,59-60,62-69H2,1-3H3/b11-8-,12-9-,20-17-,21-18-,25-22-,29-26-,30-27-,33-31-,36-35-,43-39-,47-44-,52-49-,61-58-. The number of hydrogen-bond donors (Lipinski definition) is 0. The summed E-state index contributed by atoms with van der Waals surface area (Å²) in [5, 5.41) is 0. The largest absolute Gasteiger partial charge is 0.462 e. The van der Waals surface area contributed by atoms with E-state index in [-0.39, 0.29) is 31.6 Å². The van der Waals surface area contributed by atoms with Crippen LogP contribution in [-0.2, 0) is 28.6 Å². The summed E-state index contributed by atoms with van der Waals surface area (Å²) in [6.45, 7) is 6.31. The molecular formula is C73H116O6. The van der Waals surface area contributed by atoms with Crippen molar-refractivity contribution in [2.24, 2.45) is 0 Å². The monoisotopic (exact) mass is 1090 g/mol. The summed E-state index contributed by atoms with van der Waals surface area (Å²) in [7, 11) is 0. The molecule has 0 aliphatic rings. The van der Waals surface area contributed by atoms with Crippen LogP contribution in [0.5, 0.6) is 0 Å². The van der Waals surface area contributed by atoms with Crippen LogP contribution in [-0.4, -0.2) is 37.2 Å². The van der Waals surface area contributed by atoms with Crippen molar-refractivity contribution < 1.29 is 28.6 Å². The maximum atomic E-state index is 12.9. The van der Waals surface area contributed by atoms with Crippen LogP contribution in [0.1, 0.15) is 265 Å². The Morgan fingerprint density at radius 1 is 0.266 bits per heavy atom. The Bertz CT molecular complexity index is 1780. The highest BCUT2D eigenvalue weighted by atomic mass is 16.6. The van der Waals surface area contributed by atoms with Gasteiger partial charge in [-0.1, -0.05) is 269 Å². The van der Waals surface area contributed by atoms with Gasteiger partial charge in [0.2, 0.25) is 0 Å². The molecule has 0 rings (SSSR count). The second-order valence-corrected chi connectivity index (χ2v) is 20.5. The molecule has 0 N–H and O–H groups in total. The summed E-state index contributed by atoms with van der Waals surface area (Å²) in [5.41, 5.74) is 0. The topological polar surface area (TPSA) is 78.9 Å². The van der Waals surface area contributed by atoms with Crippen molar-refractivity contribution in [3.63, 3.8) is 0 Å². The molecule has 0 saturated heterocycles. The zero-order chi connectivity index (χ0) is 57.1. The van der Waals surface area contributed by atoms with Crippen molar-refractivity contribution in [3.05, 3.63) is 158 Å². The van der Waals surface area contributed by atoms with Gasteiger partial charge in [-0.05, 0) is 135 Å². The fraction of sp³-hybridized carbons (Fsp3) is 0.603. The lowest BCUT2D eigenvalue weighted by molar-refractivity contribution is -0.166. The highest BCUT2D eigenvalue weighted by Crippen LogP contribution is 2.14. The second-order valence-electron chi connectivity index (χ2n) is 20.5. The van der Waals surface area contributed by atoms with Crippen molar-refractivity contribution >= 4 is 17.9 Å². The van der Waals surface area contributed by atoms with Gasteiger partial charge in [0.05, 0.1) is 0 Å². The van der Waals surface area contributed by atoms with E-state index in [1.165, 1.54) is 89.9 Å². The highest BCUT2D eigenvalue weighted by Gasteiger charge is 2.19. The molecule has 0 spiro atoms. The molecular weight excluding hydrogens is 973 g/mol. The van der Waals surface area contributed by atoms with E-state index in [0.717, 1.165) is 128 Å². The van der Waals surface area contributed by atoms with E-state index in [1.54, 1.807) is 0 Å². The molecule has 0 bridgehead atoms. The third-order valence-corrected chi connectivity index (χ3v) is 13.0. The third kappa shape index (κ3) is 63.7. The summed E-state index contributed by atoms with van der Waals surface area (Å²) >= 11 is 0. The number of allylic oxidation sites excluding steroid dienone is 26. The molecule has 0 aliphatic heterocycles. The van der Waals surface area contributed by atoms with Crippen molar-refractivity contribution in [1.82, 2.24) is 0 Å². The van der Waals surface area contributed by atoms with E-state index in [0.29, 0.717) is 19.3 Å². The third-order valence-electron chi connectivity index (χ3n) is 13.0. The number of hydrogen-bond acceptors (Lipinski definition) is 6. The molecule has 0 aromatic carbocycles. The SMILES string of the molecule is CC/C=C\C/C=C\C/C=C\C/C=C\C/C=C\C/C=C\CCC(=O)OC(COC(=O)CCCCCC/C=C\C/C=C\C/C=C\C/C=C\CC)COC(=O)CCCCCCCCCCCC/C=C\C/C=C\C/C=C\CCCCCCC. The van der Waals surface area contributed by atoms with E-state index in [9.17, 15) is 14.4 Å². The minimum absolute atomic E-state index is 0.125. The molecule has 0 aromatic rings. The lowest BCUT2D eigenvalue weighted by atomic mass is 10.1. The number of esters is 3. The van der Waals surface area contributed by atoms with E-state index >= 15 is 0 Å². The Hall–Kier alpha value is -4.97. The fourth-order valence-corrected chi connectivity index (χ4v) is 8.29. The van der Waals surface area contributed by atoms with Gasteiger partial charge in [-0.3, -0.25) is 14.4 Å². The number of ether oxygens (including phenoxy) is 3. The van der Waals surface area contributed by atoms with Crippen molar-refractivity contribution in [3.8, 4) is 0 Å². The summed E-state index contributed by atoms with van der Waals surface area (Å²) in [4.78, 5) is 38.3. The maximum absolute atomic E-state index is 12.9. The average Bonchev–Trinajstić information content (AvgIpc) is 3.45. The van der Waals surface area contributed by atoms with Crippen LogP contribution in [0.15, 0.2) is 158 Å². The van der Waals surface area contributed by atoms with Crippen molar-refractivity contribution in [2.75, 3.05) is 13.2 Å². The second kappa shape index (κ2) is 65.5. The van der Waals surface area contributed by atoms with Gasteiger partial charge in [0.15, 0.2) is 6.10 Å². The van der Waals surface area contributed by atoms with Gasteiger partial charge in [-0.2, -0.15) is 0 Å². The predicted molar refractivity (Wildman–Crippen MR) is 343 cm³/mol. The van der Waals surface area contributed by atoms with E-state index in [4.69, 9.17) is 14.2 Å². The summed E-state index contributed by atoms with van der Waals surface area (Å²) in [5.74, 6) is -1.04. The van der Waals surface area contributed by atoms with Crippen molar-refractivity contribution in [2.45, 2.75) is 271 Å². The van der Waals surface area contributed by atoms with Gasteiger partial charge < -0.3 is 14.2 Å². The van der Waals surface area contributed by atoms with E-state index in [1.807, 2.05) is 12.2 Å². The van der Waals surface area contributed by atoms with Gasteiger partial charge in [0.1, 0.15) is 13.2 Å². The predicted octanol–water partition coefficient (Wildman–Crippen LogP) is 22.1. The van der Waals surface area contributed by atoms with Crippen LogP contribution in [0.3, 0.4) is 0 Å². The summed E-state index contributed by atoms with van der Waals surface area (Å²) < 4.78 is 16.8. The Morgan fingerprint density at radius 3 is 0.823 bits per heavy atom. The molecule has 444 valence electrons. The number of carbonyl (C=O) groups excluding carboxylic acids is 3. The normalized spacial score (nSPS) is 13.2. The molecule has 0 fully saturated rings. The molecule has 0 aromatic heterocycles. The zero-order valence-corrected chi connectivity index (χ0v) is 50.8. The first-order valence-electron chi connectivity index (χ1n) is 32.0. The first-order valence-corrected chi connectivity index (χ1v) is 32.0. The molecule has 79 heavy (non-hydrogen) atoms. The Kier molecular flexibility index (Phi) is 61.4. The summed E-state index contributed by atoms with van der Waals surface area (Å²) in [6, 6.07) is 0. The Balaban J connectivity index is 4.52. The number of unbranched alkanes of at least 4 members (excludes halogenated alkanes) is 19. The fourth-order valence-electron chi connectivity index (χ4n) is 8.29. The molecule has 1 unspecified atom stereocenters. The van der Waals surface area contributed by atoms with Crippen molar-refractivity contribution in [1.29, 1.82) is 0 Å². The number of carbonyl (C=O) groups is 3. The smallest absolute Gasteiger partial charge is 0.306 e. The van der Waals surface area contributed by atoms with Crippen LogP contribution in [0.2, 0.25) is 0 Å². The van der Waals surface area contributed by atoms with Gasteiger partial charge in [0.25, 0.3) is 0 Å². The Labute approximate surface area is 486 Å². The Morgan fingerprint density at radius 2 is 0.519 bits per heavy atom. The maximum Gasteiger partial charge on any atom is 0.306 e. The molecule has 6 heteroatoms. The zero-order valence-electron chi connectivity index (χ0n) is 50.8.